The lowest BCUT2D eigenvalue weighted by Gasteiger charge is -2.37. The maximum atomic E-state index is 11.5. The van der Waals surface area contributed by atoms with E-state index in [-0.39, 0.29) is 5.41 Å². The molecule has 2 nitrogen and oxygen atoms in total. The maximum Gasteiger partial charge on any atom is 0.133 e. The van der Waals surface area contributed by atoms with Gasteiger partial charge in [0.15, 0.2) is 0 Å². The molecule has 0 aromatic carbocycles. The number of ketones is 1. The molecule has 1 unspecified atom stereocenters. The van der Waals surface area contributed by atoms with Crippen LogP contribution < -0.4 is 0 Å². The maximum absolute atomic E-state index is 11.5. The summed E-state index contributed by atoms with van der Waals surface area (Å²) in [6.45, 7) is 6.54. The minimum atomic E-state index is 0.243. The SMILES string of the molecule is Cc1cc(C2CC(=O)CCC2(C)C)sn1. The first-order valence-corrected chi connectivity index (χ1v) is 6.21. The number of aryl methyl sites for hydroxylation is 1. The summed E-state index contributed by atoms with van der Waals surface area (Å²) in [6, 6.07) is 2.13. The second-order valence-electron chi connectivity index (χ2n) is 5.15. The summed E-state index contributed by atoms with van der Waals surface area (Å²) in [5.41, 5.74) is 1.32. The van der Waals surface area contributed by atoms with E-state index in [0.717, 1.165) is 18.5 Å². The number of carbonyl (C=O) groups excluding carboxylic acids is 1. The van der Waals surface area contributed by atoms with Crippen molar-refractivity contribution in [2.45, 2.75) is 46.0 Å². The van der Waals surface area contributed by atoms with Gasteiger partial charge in [-0.2, -0.15) is 4.37 Å². The Balaban J connectivity index is 2.29. The monoisotopic (exact) mass is 223 g/mol. The standard InChI is InChI=1S/C12H17NOS/c1-8-6-11(15-13-8)10-7-9(14)4-5-12(10,2)3/h6,10H,4-5,7H2,1-3H3. The first kappa shape index (κ1) is 10.8. The Kier molecular flexibility index (Phi) is 2.67. The van der Waals surface area contributed by atoms with Gasteiger partial charge in [-0.05, 0) is 36.4 Å². The van der Waals surface area contributed by atoms with Gasteiger partial charge < -0.3 is 0 Å². The average Bonchev–Trinajstić information content (AvgIpc) is 2.56. The molecular formula is C12H17NOS. The predicted molar refractivity (Wildman–Crippen MR) is 62.2 cm³/mol. The zero-order chi connectivity index (χ0) is 11.1. The van der Waals surface area contributed by atoms with Crippen molar-refractivity contribution in [1.82, 2.24) is 4.37 Å². The highest BCUT2D eigenvalue weighted by Gasteiger charge is 2.37. The van der Waals surface area contributed by atoms with Crippen LogP contribution in [0.5, 0.6) is 0 Å². The zero-order valence-corrected chi connectivity index (χ0v) is 10.4. The van der Waals surface area contributed by atoms with Crippen LogP contribution in [0, 0.1) is 12.3 Å². The van der Waals surface area contributed by atoms with Crippen LogP contribution >= 0.6 is 11.5 Å². The fourth-order valence-electron chi connectivity index (χ4n) is 2.28. The van der Waals surface area contributed by atoms with Crippen molar-refractivity contribution in [3.63, 3.8) is 0 Å². The van der Waals surface area contributed by atoms with Crippen molar-refractivity contribution < 1.29 is 4.79 Å². The van der Waals surface area contributed by atoms with Gasteiger partial charge in [0.2, 0.25) is 0 Å². The Morgan fingerprint density at radius 1 is 1.53 bits per heavy atom. The van der Waals surface area contributed by atoms with E-state index in [0.29, 0.717) is 18.1 Å². The molecule has 0 aliphatic heterocycles. The number of hydrogen-bond acceptors (Lipinski definition) is 3. The molecule has 0 spiro atoms. The fourth-order valence-corrected chi connectivity index (χ4v) is 3.33. The third-order valence-corrected chi connectivity index (χ3v) is 4.41. The average molecular weight is 223 g/mol. The normalized spacial score (nSPS) is 25.5. The van der Waals surface area contributed by atoms with Crippen LogP contribution in [0.3, 0.4) is 0 Å². The minimum Gasteiger partial charge on any atom is -0.300 e. The highest BCUT2D eigenvalue weighted by molar-refractivity contribution is 7.05. The van der Waals surface area contributed by atoms with Gasteiger partial charge in [-0.3, -0.25) is 4.79 Å². The third-order valence-electron chi connectivity index (χ3n) is 3.41. The lowest BCUT2D eigenvalue weighted by molar-refractivity contribution is -0.122. The number of carbonyl (C=O) groups is 1. The second-order valence-corrected chi connectivity index (χ2v) is 5.99. The topological polar surface area (TPSA) is 30.0 Å². The third kappa shape index (κ3) is 2.12. The molecule has 1 aromatic heterocycles. The van der Waals surface area contributed by atoms with Gasteiger partial charge in [0, 0.05) is 23.6 Å². The summed E-state index contributed by atoms with van der Waals surface area (Å²) in [4.78, 5) is 12.8. The largest absolute Gasteiger partial charge is 0.300 e. The van der Waals surface area contributed by atoms with E-state index in [1.165, 1.54) is 4.88 Å². The van der Waals surface area contributed by atoms with E-state index in [9.17, 15) is 4.79 Å². The molecule has 15 heavy (non-hydrogen) atoms. The first-order chi connectivity index (χ1) is 6.99. The van der Waals surface area contributed by atoms with Crippen molar-refractivity contribution >= 4 is 17.3 Å². The van der Waals surface area contributed by atoms with Gasteiger partial charge in [0.1, 0.15) is 5.78 Å². The lowest BCUT2D eigenvalue weighted by atomic mass is 9.68. The van der Waals surface area contributed by atoms with Crippen LogP contribution in [-0.2, 0) is 4.79 Å². The fraction of sp³-hybridized carbons (Fsp3) is 0.667. The summed E-state index contributed by atoms with van der Waals surface area (Å²) in [7, 11) is 0. The number of hydrogen-bond donors (Lipinski definition) is 0. The molecular weight excluding hydrogens is 206 g/mol. The lowest BCUT2D eigenvalue weighted by Crippen LogP contribution is -2.29. The highest BCUT2D eigenvalue weighted by Crippen LogP contribution is 2.46. The van der Waals surface area contributed by atoms with E-state index < -0.39 is 0 Å². The Morgan fingerprint density at radius 3 is 2.87 bits per heavy atom. The number of nitrogens with zero attached hydrogens (tertiary/aromatic N) is 1. The highest BCUT2D eigenvalue weighted by atomic mass is 32.1. The van der Waals surface area contributed by atoms with Crippen molar-refractivity contribution in [3.8, 4) is 0 Å². The van der Waals surface area contributed by atoms with Crippen LogP contribution in [0.4, 0.5) is 0 Å². The molecule has 1 fully saturated rings. The molecule has 1 atom stereocenters. The Bertz CT molecular complexity index is 381. The zero-order valence-electron chi connectivity index (χ0n) is 9.54. The summed E-state index contributed by atoms with van der Waals surface area (Å²) in [5.74, 6) is 0.787. The van der Waals surface area contributed by atoms with Crippen LogP contribution in [0.25, 0.3) is 0 Å². The molecule has 1 aromatic rings. The molecule has 0 bridgehead atoms. The van der Waals surface area contributed by atoms with E-state index >= 15 is 0 Å². The van der Waals surface area contributed by atoms with E-state index in [4.69, 9.17) is 0 Å². The number of rotatable bonds is 1. The van der Waals surface area contributed by atoms with Crippen molar-refractivity contribution in [2.75, 3.05) is 0 Å². The molecule has 1 saturated carbocycles. The molecule has 1 aliphatic carbocycles. The molecule has 0 saturated heterocycles. The van der Waals surface area contributed by atoms with Gasteiger partial charge in [-0.1, -0.05) is 13.8 Å². The molecule has 1 aliphatic rings. The van der Waals surface area contributed by atoms with Crippen molar-refractivity contribution in [3.05, 3.63) is 16.6 Å². The summed E-state index contributed by atoms with van der Waals surface area (Å²) in [5, 5.41) is 0. The molecule has 0 radical (unpaired) electrons. The van der Waals surface area contributed by atoms with Crippen LogP contribution in [0.1, 0.15) is 49.6 Å². The summed E-state index contributed by atoms with van der Waals surface area (Å²) >= 11 is 1.56. The first-order valence-electron chi connectivity index (χ1n) is 5.44. The Hall–Kier alpha value is -0.700. The molecule has 1 heterocycles. The molecule has 82 valence electrons. The number of aromatic nitrogens is 1. The van der Waals surface area contributed by atoms with Gasteiger partial charge in [-0.25, -0.2) is 0 Å². The van der Waals surface area contributed by atoms with Crippen LogP contribution in [0.15, 0.2) is 6.07 Å². The quantitative estimate of drug-likeness (QED) is 0.731. The van der Waals surface area contributed by atoms with Crippen molar-refractivity contribution in [1.29, 1.82) is 0 Å². The van der Waals surface area contributed by atoms with E-state index in [1.807, 2.05) is 6.92 Å². The Labute approximate surface area is 94.9 Å². The summed E-state index contributed by atoms with van der Waals surface area (Å²) in [6.07, 6.45) is 2.46. The smallest absolute Gasteiger partial charge is 0.133 e. The van der Waals surface area contributed by atoms with E-state index in [2.05, 4.69) is 24.3 Å². The molecule has 3 heteroatoms. The van der Waals surface area contributed by atoms with Gasteiger partial charge in [0.25, 0.3) is 0 Å². The van der Waals surface area contributed by atoms with Crippen LogP contribution in [-0.4, -0.2) is 10.2 Å². The van der Waals surface area contributed by atoms with Gasteiger partial charge >= 0.3 is 0 Å². The van der Waals surface area contributed by atoms with E-state index in [1.54, 1.807) is 11.5 Å². The Morgan fingerprint density at radius 2 is 2.27 bits per heavy atom. The van der Waals surface area contributed by atoms with Gasteiger partial charge in [-0.15, -0.1) is 0 Å². The van der Waals surface area contributed by atoms with Crippen LogP contribution in [0.2, 0.25) is 0 Å². The minimum absolute atomic E-state index is 0.243. The van der Waals surface area contributed by atoms with Gasteiger partial charge in [0.05, 0.1) is 5.69 Å². The second kappa shape index (κ2) is 3.71. The predicted octanol–water partition coefficient (Wildman–Crippen LogP) is 3.31. The molecule has 0 amide bonds. The summed E-state index contributed by atoms with van der Waals surface area (Å²) < 4.78 is 4.31. The molecule has 0 N–H and O–H groups in total. The number of Topliss-reactive ketones (excluding diaryl/α,β-unsaturated/α-hetero) is 1. The van der Waals surface area contributed by atoms with Crippen molar-refractivity contribution in [2.24, 2.45) is 5.41 Å². The molecule has 2 rings (SSSR count).